The predicted molar refractivity (Wildman–Crippen MR) is 84.0 cm³/mol. The van der Waals surface area contributed by atoms with Gasteiger partial charge in [0.1, 0.15) is 17.9 Å². The summed E-state index contributed by atoms with van der Waals surface area (Å²) in [6.45, 7) is -0.280. The van der Waals surface area contributed by atoms with Crippen LogP contribution in [0.4, 0.5) is 0 Å². The van der Waals surface area contributed by atoms with Crippen molar-refractivity contribution in [2.45, 2.75) is 6.61 Å². The van der Waals surface area contributed by atoms with Gasteiger partial charge in [-0.15, -0.1) is 0 Å². The average Bonchev–Trinajstić information content (AvgIpc) is 2.57. The zero-order chi connectivity index (χ0) is 17.3. The van der Waals surface area contributed by atoms with Gasteiger partial charge in [0.2, 0.25) is 5.88 Å². The fourth-order valence-electron chi connectivity index (χ4n) is 2.30. The van der Waals surface area contributed by atoms with Crippen LogP contribution in [0.15, 0.2) is 42.6 Å². The quantitative estimate of drug-likeness (QED) is 0.430. The first-order valence-electron chi connectivity index (χ1n) is 6.95. The Bertz CT molecular complexity index is 938. The number of pyridine rings is 1. The van der Waals surface area contributed by atoms with Crippen LogP contribution in [0.3, 0.4) is 0 Å². The zero-order valence-corrected chi connectivity index (χ0v) is 12.3. The SMILES string of the molecule is O=C(OCc1cccc(O)c1O)c1ccc2c(O)nccc2c1O. The molecular weight excluding hydrogens is 314 g/mol. The van der Waals surface area contributed by atoms with Crippen molar-refractivity contribution in [2.75, 3.05) is 0 Å². The number of esters is 1. The number of ether oxygens (including phenoxy) is 1. The van der Waals surface area contributed by atoms with E-state index in [9.17, 15) is 25.2 Å². The molecule has 0 aliphatic heterocycles. The van der Waals surface area contributed by atoms with Gasteiger partial charge in [-0.2, -0.15) is 0 Å². The van der Waals surface area contributed by atoms with Crippen molar-refractivity contribution < 1.29 is 30.0 Å². The Morgan fingerprint density at radius 1 is 0.958 bits per heavy atom. The maximum atomic E-state index is 12.2. The van der Waals surface area contributed by atoms with Crippen molar-refractivity contribution in [2.24, 2.45) is 0 Å². The lowest BCUT2D eigenvalue weighted by Gasteiger charge is -2.10. The third-order valence-electron chi connectivity index (χ3n) is 3.57. The highest BCUT2D eigenvalue weighted by molar-refractivity contribution is 6.02. The second kappa shape index (κ2) is 5.96. The number of carbonyl (C=O) groups excluding carboxylic acids is 1. The van der Waals surface area contributed by atoms with Crippen LogP contribution in [0.25, 0.3) is 10.8 Å². The molecule has 4 N–H and O–H groups in total. The average molecular weight is 327 g/mol. The number of benzene rings is 2. The van der Waals surface area contributed by atoms with E-state index in [2.05, 4.69) is 4.98 Å². The molecule has 24 heavy (non-hydrogen) atoms. The van der Waals surface area contributed by atoms with Gasteiger partial charge in [-0.3, -0.25) is 0 Å². The normalized spacial score (nSPS) is 10.7. The first kappa shape index (κ1) is 15.4. The van der Waals surface area contributed by atoms with Gasteiger partial charge >= 0.3 is 5.97 Å². The largest absolute Gasteiger partial charge is 0.506 e. The topological polar surface area (TPSA) is 120 Å². The van der Waals surface area contributed by atoms with E-state index in [4.69, 9.17) is 4.74 Å². The molecule has 3 aromatic rings. The molecule has 0 radical (unpaired) electrons. The van der Waals surface area contributed by atoms with Gasteiger partial charge in [-0.25, -0.2) is 9.78 Å². The van der Waals surface area contributed by atoms with E-state index in [0.717, 1.165) is 0 Å². The molecule has 0 saturated heterocycles. The molecule has 0 saturated carbocycles. The molecule has 0 spiro atoms. The van der Waals surface area contributed by atoms with E-state index in [1.807, 2.05) is 0 Å². The molecule has 7 heteroatoms. The standard InChI is InChI=1S/C17H13NO6/c19-13-3-1-2-9(14(13)20)8-24-17(23)12-5-4-11-10(15(12)21)6-7-18-16(11)22/h1-7,19-21H,8H2,(H,18,22). The molecule has 0 fully saturated rings. The van der Waals surface area contributed by atoms with Crippen LogP contribution in [0.1, 0.15) is 15.9 Å². The van der Waals surface area contributed by atoms with Crippen molar-refractivity contribution in [1.29, 1.82) is 0 Å². The number of carbonyl (C=O) groups is 1. The molecule has 0 unspecified atom stereocenters. The Balaban J connectivity index is 1.87. The molecule has 7 nitrogen and oxygen atoms in total. The second-order valence-electron chi connectivity index (χ2n) is 5.05. The summed E-state index contributed by atoms with van der Waals surface area (Å²) in [5.41, 5.74) is 0.137. The van der Waals surface area contributed by atoms with Gasteiger partial charge < -0.3 is 25.2 Å². The van der Waals surface area contributed by atoms with Crippen molar-refractivity contribution >= 4 is 16.7 Å². The number of aromatic hydroxyl groups is 4. The molecule has 0 aliphatic carbocycles. The van der Waals surface area contributed by atoms with Crippen LogP contribution < -0.4 is 0 Å². The molecule has 0 amide bonds. The van der Waals surface area contributed by atoms with E-state index in [-0.39, 0.29) is 46.2 Å². The zero-order valence-electron chi connectivity index (χ0n) is 12.3. The summed E-state index contributed by atoms with van der Waals surface area (Å²) < 4.78 is 5.06. The third kappa shape index (κ3) is 2.63. The molecule has 2 aromatic carbocycles. The minimum atomic E-state index is -0.812. The van der Waals surface area contributed by atoms with E-state index < -0.39 is 5.97 Å². The Labute approximate surface area is 136 Å². The highest BCUT2D eigenvalue weighted by Gasteiger charge is 2.17. The molecule has 0 aliphatic rings. The molecular formula is C17H13NO6. The molecule has 122 valence electrons. The lowest BCUT2D eigenvalue weighted by Crippen LogP contribution is -2.06. The van der Waals surface area contributed by atoms with Crippen LogP contribution in [-0.4, -0.2) is 31.4 Å². The van der Waals surface area contributed by atoms with Crippen LogP contribution >= 0.6 is 0 Å². The smallest absolute Gasteiger partial charge is 0.342 e. The summed E-state index contributed by atoms with van der Waals surface area (Å²) in [7, 11) is 0. The van der Waals surface area contributed by atoms with Crippen molar-refractivity contribution in [3.8, 4) is 23.1 Å². The van der Waals surface area contributed by atoms with Gasteiger partial charge in [-0.1, -0.05) is 12.1 Å². The van der Waals surface area contributed by atoms with E-state index in [1.165, 1.54) is 42.6 Å². The van der Waals surface area contributed by atoms with E-state index >= 15 is 0 Å². The summed E-state index contributed by atoms with van der Waals surface area (Å²) >= 11 is 0. The number of fused-ring (bicyclic) bond motifs is 1. The molecule has 3 rings (SSSR count). The number of aromatic nitrogens is 1. The Kier molecular flexibility index (Phi) is 3.83. The molecule has 1 aromatic heterocycles. The third-order valence-corrected chi connectivity index (χ3v) is 3.57. The minimum Gasteiger partial charge on any atom is -0.506 e. The minimum absolute atomic E-state index is 0.0901. The number of rotatable bonds is 3. The van der Waals surface area contributed by atoms with Gasteiger partial charge in [0, 0.05) is 22.5 Å². The molecule has 0 bridgehead atoms. The summed E-state index contributed by atoms with van der Waals surface area (Å²) in [5, 5.41) is 39.5. The number of phenolic OH excluding ortho intramolecular Hbond substituents is 3. The van der Waals surface area contributed by atoms with Crippen molar-refractivity contribution in [3.63, 3.8) is 0 Å². The highest BCUT2D eigenvalue weighted by Crippen LogP contribution is 2.33. The first-order chi connectivity index (χ1) is 11.5. The first-order valence-corrected chi connectivity index (χ1v) is 6.95. The fraction of sp³-hybridized carbons (Fsp3) is 0.0588. The monoisotopic (exact) mass is 327 g/mol. The molecule has 1 heterocycles. The lowest BCUT2D eigenvalue weighted by molar-refractivity contribution is 0.0467. The maximum absolute atomic E-state index is 12.2. The number of hydrogen-bond donors (Lipinski definition) is 4. The lowest BCUT2D eigenvalue weighted by atomic mass is 10.1. The predicted octanol–water partition coefficient (Wildman–Crippen LogP) is 2.41. The maximum Gasteiger partial charge on any atom is 0.342 e. The van der Waals surface area contributed by atoms with Crippen LogP contribution in [0.2, 0.25) is 0 Å². The number of hydrogen-bond acceptors (Lipinski definition) is 7. The molecule has 0 atom stereocenters. The van der Waals surface area contributed by atoms with E-state index in [0.29, 0.717) is 5.39 Å². The summed E-state index contributed by atoms with van der Waals surface area (Å²) in [6, 6.07) is 8.51. The van der Waals surface area contributed by atoms with Crippen LogP contribution in [0, 0.1) is 0 Å². The fourth-order valence-corrected chi connectivity index (χ4v) is 2.30. The number of phenols is 3. The Morgan fingerprint density at radius 2 is 1.75 bits per heavy atom. The van der Waals surface area contributed by atoms with E-state index in [1.54, 1.807) is 0 Å². The number of nitrogens with zero attached hydrogens (tertiary/aromatic N) is 1. The van der Waals surface area contributed by atoms with Gasteiger partial charge in [-0.05, 0) is 24.3 Å². The Morgan fingerprint density at radius 3 is 2.54 bits per heavy atom. The summed E-state index contributed by atoms with van der Waals surface area (Å²) in [6.07, 6.45) is 1.30. The van der Waals surface area contributed by atoms with Crippen molar-refractivity contribution in [3.05, 3.63) is 53.7 Å². The second-order valence-corrected chi connectivity index (χ2v) is 5.05. The van der Waals surface area contributed by atoms with Crippen LogP contribution in [-0.2, 0) is 11.3 Å². The summed E-state index contributed by atoms with van der Waals surface area (Å²) in [5.74, 6) is -2.10. The van der Waals surface area contributed by atoms with Crippen LogP contribution in [0.5, 0.6) is 23.1 Å². The summed E-state index contributed by atoms with van der Waals surface area (Å²) in [4.78, 5) is 15.9. The van der Waals surface area contributed by atoms with Gasteiger partial charge in [0.25, 0.3) is 0 Å². The Hall–Kier alpha value is -3.48. The number of para-hydroxylation sites is 1. The van der Waals surface area contributed by atoms with Gasteiger partial charge in [0.05, 0.1) is 0 Å². The van der Waals surface area contributed by atoms with Gasteiger partial charge in [0.15, 0.2) is 11.5 Å². The van der Waals surface area contributed by atoms with Crippen molar-refractivity contribution in [1.82, 2.24) is 4.98 Å². The highest BCUT2D eigenvalue weighted by atomic mass is 16.5.